The van der Waals surface area contributed by atoms with E-state index in [2.05, 4.69) is 4.74 Å². The summed E-state index contributed by atoms with van der Waals surface area (Å²) in [5, 5.41) is 0. The Balaban J connectivity index is 1.63. The average molecular weight is 446 g/mol. The van der Waals surface area contributed by atoms with Crippen molar-refractivity contribution in [2.75, 3.05) is 26.7 Å². The van der Waals surface area contributed by atoms with Crippen LogP contribution >= 0.6 is 0 Å². The summed E-state index contributed by atoms with van der Waals surface area (Å²) >= 11 is 0. The number of halogens is 2. The van der Waals surface area contributed by atoms with Gasteiger partial charge in [-0.2, -0.15) is 8.78 Å². The lowest BCUT2D eigenvalue weighted by Crippen LogP contribution is -2.45. The zero-order chi connectivity index (χ0) is 23.1. The molecule has 1 fully saturated rings. The van der Waals surface area contributed by atoms with Crippen molar-refractivity contribution >= 4 is 11.8 Å². The molecule has 0 bridgehead atoms. The SMILES string of the molecule is CCOc1ccc(CN(C)C(=O)C2CCCN(C(=O)c3ccccc3OC(F)F)C2)cc1. The van der Waals surface area contributed by atoms with Crippen molar-refractivity contribution in [3.8, 4) is 11.5 Å². The molecule has 6 nitrogen and oxygen atoms in total. The minimum absolute atomic E-state index is 0.0477. The van der Waals surface area contributed by atoms with E-state index in [1.165, 1.54) is 18.2 Å². The van der Waals surface area contributed by atoms with Crippen molar-refractivity contribution in [1.82, 2.24) is 9.80 Å². The summed E-state index contributed by atoms with van der Waals surface area (Å²) in [6, 6.07) is 13.5. The van der Waals surface area contributed by atoms with E-state index in [-0.39, 0.29) is 29.7 Å². The third-order valence-corrected chi connectivity index (χ3v) is 5.42. The summed E-state index contributed by atoms with van der Waals surface area (Å²) < 4.78 is 35.3. The van der Waals surface area contributed by atoms with Gasteiger partial charge in [-0.1, -0.05) is 24.3 Å². The first-order valence-corrected chi connectivity index (χ1v) is 10.7. The van der Waals surface area contributed by atoms with Crippen LogP contribution in [0.4, 0.5) is 8.78 Å². The second kappa shape index (κ2) is 10.9. The summed E-state index contributed by atoms with van der Waals surface area (Å²) in [6.45, 7) is 0.649. The summed E-state index contributed by atoms with van der Waals surface area (Å²) in [7, 11) is 1.74. The number of amides is 2. The van der Waals surface area contributed by atoms with Gasteiger partial charge >= 0.3 is 6.61 Å². The fourth-order valence-electron chi connectivity index (χ4n) is 3.90. The molecule has 1 aliphatic rings. The third-order valence-electron chi connectivity index (χ3n) is 5.42. The Morgan fingerprint density at radius 3 is 2.56 bits per heavy atom. The van der Waals surface area contributed by atoms with Gasteiger partial charge in [0.1, 0.15) is 11.5 Å². The molecule has 2 aromatic carbocycles. The van der Waals surface area contributed by atoms with Crippen LogP contribution in [0, 0.1) is 5.92 Å². The second-order valence-electron chi connectivity index (χ2n) is 7.74. The van der Waals surface area contributed by atoms with E-state index in [9.17, 15) is 18.4 Å². The molecule has 3 rings (SSSR count). The van der Waals surface area contributed by atoms with E-state index in [0.717, 1.165) is 11.3 Å². The lowest BCUT2D eigenvalue weighted by atomic mass is 9.95. The molecule has 0 aliphatic carbocycles. The van der Waals surface area contributed by atoms with Crippen LogP contribution in [0.5, 0.6) is 11.5 Å². The maximum atomic E-state index is 13.0. The molecule has 0 N–H and O–H groups in total. The molecular weight excluding hydrogens is 418 g/mol. The van der Waals surface area contributed by atoms with Crippen LogP contribution in [0.1, 0.15) is 35.7 Å². The molecule has 0 aromatic heterocycles. The van der Waals surface area contributed by atoms with Crippen molar-refractivity contribution in [3.05, 3.63) is 59.7 Å². The molecule has 32 heavy (non-hydrogen) atoms. The number of ether oxygens (including phenoxy) is 2. The Kier molecular flexibility index (Phi) is 8.03. The summed E-state index contributed by atoms with van der Waals surface area (Å²) in [5.74, 6) is -0.179. The molecule has 0 radical (unpaired) electrons. The fraction of sp³-hybridized carbons (Fsp3) is 0.417. The Labute approximate surface area is 186 Å². The van der Waals surface area contributed by atoms with Crippen LogP contribution in [0.3, 0.4) is 0 Å². The minimum atomic E-state index is -3.02. The molecule has 8 heteroatoms. The first-order chi connectivity index (χ1) is 15.4. The van der Waals surface area contributed by atoms with Gasteiger partial charge in [-0.25, -0.2) is 0 Å². The fourth-order valence-corrected chi connectivity index (χ4v) is 3.90. The number of rotatable bonds is 8. The van der Waals surface area contributed by atoms with Crippen molar-refractivity contribution in [2.45, 2.75) is 32.9 Å². The van der Waals surface area contributed by atoms with Crippen LogP contribution in [0.15, 0.2) is 48.5 Å². The maximum absolute atomic E-state index is 13.0. The van der Waals surface area contributed by atoms with Crippen LogP contribution in [0.25, 0.3) is 0 Å². The molecule has 172 valence electrons. The highest BCUT2D eigenvalue weighted by Crippen LogP contribution is 2.26. The number of likely N-dealkylation sites (tertiary alicyclic amines) is 1. The number of piperidine rings is 1. The molecule has 1 saturated heterocycles. The van der Waals surface area contributed by atoms with Gasteiger partial charge in [0.2, 0.25) is 5.91 Å². The highest BCUT2D eigenvalue weighted by atomic mass is 19.3. The van der Waals surface area contributed by atoms with E-state index >= 15 is 0 Å². The third kappa shape index (κ3) is 5.96. The summed E-state index contributed by atoms with van der Waals surface area (Å²) in [5.41, 5.74) is 1.05. The Morgan fingerprint density at radius 1 is 1.16 bits per heavy atom. The first-order valence-electron chi connectivity index (χ1n) is 10.7. The Hall–Kier alpha value is -3.16. The lowest BCUT2D eigenvalue weighted by molar-refractivity contribution is -0.136. The summed E-state index contributed by atoms with van der Waals surface area (Å²) in [4.78, 5) is 29.2. The van der Waals surface area contributed by atoms with Crippen molar-refractivity contribution in [3.63, 3.8) is 0 Å². The van der Waals surface area contributed by atoms with Gasteiger partial charge in [-0.05, 0) is 49.6 Å². The highest BCUT2D eigenvalue weighted by Gasteiger charge is 2.31. The van der Waals surface area contributed by atoms with Gasteiger partial charge in [0.15, 0.2) is 0 Å². The van der Waals surface area contributed by atoms with Crippen LogP contribution in [0.2, 0.25) is 0 Å². The Bertz CT molecular complexity index is 920. The maximum Gasteiger partial charge on any atom is 0.387 e. The van der Waals surface area contributed by atoms with E-state index < -0.39 is 12.5 Å². The molecule has 1 atom stereocenters. The monoisotopic (exact) mass is 446 g/mol. The molecule has 0 spiro atoms. The first kappa shape index (κ1) is 23.5. The number of nitrogens with zero attached hydrogens (tertiary/aromatic N) is 2. The van der Waals surface area contributed by atoms with E-state index in [4.69, 9.17) is 4.74 Å². The van der Waals surface area contributed by atoms with Crippen molar-refractivity contribution < 1.29 is 27.8 Å². The number of alkyl halides is 2. The topological polar surface area (TPSA) is 59.1 Å². The minimum Gasteiger partial charge on any atom is -0.494 e. The molecule has 1 unspecified atom stereocenters. The number of hydrogen-bond donors (Lipinski definition) is 0. The predicted octanol–water partition coefficient (Wildman–Crippen LogP) is 4.20. The van der Waals surface area contributed by atoms with E-state index in [1.807, 2.05) is 31.2 Å². The normalized spacial score (nSPS) is 16.0. The lowest BCUT2D eigenvalue weighted by Gasteiger charge is -2.34. The number of para-hydroxylation sites is 1. The van der Waals surface area contributed by atoms with Crippen molar-refractivity contribution in [2.24, 2.45) is 5.92 Å². The van der Waals surface area contributed by atoms with Gasteiger partial charge < -0.3 is 19.3 Å². The number of carbonyl (C=O) groups excluding carboxylic acids is 2. The quantitative estimate of drug-likeness (QED) is 0.610. The van der Waals surface area contributed by atoms with Gasteiger partial charge in [0.05, 0.1) is 18.1 Å². The van der Waals surface area contributed by atoms with Gasteiger partial charge in [-0.3, -0.25) is 9.59 Å². The van der Waals surface area contributed by atoms with Crippen molar-refractivity contribution in [1.29, 1.82) is 0 Å². The van der Waals surface area contributed by atoms with E-state index in [1.54, 1.807) is 22.9 Å². The highest BCUT2D eigenvalue weighted by molar-refractivity contribution is 5.97. The molecule has 2 aromatic rings. The Morgan fingerprint density at radius 2 is 1.88 bits per heavy atom. The second-order valence-corrected chi connectivity index (χ2v) is 7.74. The molecule has 1 heterocycles. The van der Waals surface area contributed by atoms with E-state index in [0.29, 0.717) is 32.5 Å². The zero-order valence-electron chi connectivity index (χ0n) is 18.3. The smallest absolute Gasteiger partial charge is 0.387 e. The molecule has 2 amide bonds. The van der Waals surface area contributed by atoms with Gasteiger partial charge in [-0.15, -0.1) is 0 Å². The number of benzene rings is 2. The summed E-state index contributed by atoms with van der Waals surface area (Å²) in [6.07, 6.45) is 1.34. The molecular formula is C24H28F2N2O4. The average Bonchev–Trinajstić information content (AvgIpc) is 2.79. The van der Waals surface area contributed by atoms with Crippen LogP contribution in [-0.2, 0) is 11.3 Å². The van der Waals surface area contributed by atoms with Gasteiger partial charge in [0.25, 0.3) is 5.91 Å². The molecule has 1 aliphatic heterocycles. The van der Waals surface area contributed by atoms with Crippen LogP contribution < -0.4 is 9.47 Å². The number of carbonyl (C=O) groups is 2. The zero-order valence-corrected chi connectivity index (χ0v) is 18.3. The molecule has 0 saturated carbocycles. The standard InChI is InChI=1S/C24H28F2N2O4/c1-3-31-19-12-10-17(11-13-19)15-27(2)22(29)18-7-6-14-28(16-18)23(30)20-8-4-5-9-21(20)32-24(25)26/h4-5,8-13,18,24H,3,6-7,14-16H2,1-2H3. The van der Waals surface area contributed by atoms with Crippen LogP contribution in [-0.4, -0.2) is 55.0 Å². The van der Waals surface area contributed by atoms with Gasteiger partial charge in [0, 0.05) is 26.7 Å². The predicted molar refractivity (Wildman–Crippen MR) is 116 cm³/mol. The number of hydrogen-bond acceptors (Lipinski definition) is 4. The largest absolute Gasteiger partial charge is 0.494 e.